The number of nitrogens with one attached hydrogen (secondary N) is 3. The maximum absolute atomic E-state index is 13.9. The van der Waals surface area contributed by atoms with E-state index in [1.165, 1.54) is 30.8 Å². The predicted molar refractivity (Wildman–Crippen MR) is 123 cm³/mol. The van der Waals surface area contributed by atoms with Crippen LogP contribution in [0.2, 0.25) is 0 Å². The van der Waals surface area contributed by atoms with Crippen LogP contribution in [0.1, 0.15) is 5.56 Å². The molecule has 1 fully saturated rings. The molecule has 4 rings (SSSR count). The zero-order valence-corrected chi connectivity index (χ0v) is 18.3. The maximum atomic E-state index is 13.9. The van der Waals surface area contributed by atoms with Crippen molar-refractivity contribution in [2.75, 3.05) is 29.4 Å². The number of ether oxygens (including phenoxy) is 2. The number of hydrogen-bond donors (Lipinski definition) is 3. The Kier molecular flexibility index (Phi) is 5.74. The number of aryl methyl sites for hydroxylation is 1. The van der Waals surface area contributed by atoms with Crippen LogP contribution in [0, 0.1) is 12.7 Å². The number of hydrogen-bond acceptors (Lipinski definition) is 7. The van der Waals surface area contributed by atoms with E-state index in [1.807, 2.05) is 13.0 Å². The van der Waals surface area contributed by atoms with Crippen LogP contribution in [0.25, 0.3) is 10.9 Å². The monoisotopic (exact) mass is 459 g/mol. The normalized spacial score (nSPS) is 17.3. The van der Waals surface area contributed by atoms with Crippen LogP contribution >= 0.6 is 0 Å². The topological polar surface area (TPSA) is 114 Å². The molecule has 1 aromatic heterocycles. The summed E-state index contributed by atoms with van der Waals surface area (Å²) in [4.78, 5) is 19.8. The first-order chi connectivity index (χ1) is 15.2. The van der Waals surface area contributed by atoms with E-state index in [9.17, 15) is 13.4 Å². The number of halogens is 1. The Morgan fingerprint density at radius 3 is 2.88 bits per heavy atom. The summed E-state index contributed by atoms with van der Waals surface area (Å²) in [6, 6.07) is 7.67. The number of alkyl carbamates (subject to hydrolysis) is 1. The summed E-state index contributed by atoms with van der Waals surface area (Å²) in [6.07, 6.45) is 1.94. The molecule has 0 saturated carbocycles. The second-order valence-electron chi connectivity index (χ2n) is 7.50. The highest BCUT2D eigenvalue weighted by Crippen LogP contribution is 2.33. The molecule has 32 heavy (non-hydrogen) atoms. The van der Waals surface area contributed by atoms with Gasteiger partial charge in [-0.05, 0) is 42.6 Å². The average molecular weight is 460 g/mol. The van der Waals surface area contributed by atoms with Gasteiger partial charge in [-0.2, -0.15) is 0 Å². The van der Waals surface area contributed by atoms with Crippen molar-refractivity contribution in [3.05, 3.63) is 48.0 Å². The summed E-state index contributed by atoms with van der Waals surface area (Å²) in [5.74, 6) is 3.89. The van der Waals surface area contributed by atoms with Crippen molar-refractivity contribution >= 4 is 49.8 Å². The van der Waals surface area contributed by atoms with Gasteiger partial charge in [0.15, 0.2) is 6.10 Å². The fourth-order valence-corrected chi connectivity index (χ4v) is 3.97. The standard InChI is InChI=1S/C21H22FN5O4S/c1-12-6-14(27-32(2,3)29)8-17-19(12)20(25-11-24-17)26-16-5-4-13(22)7-18(16)30-10-15-9-23-21(28)31-15/h4-8,11,15H,2,9-10H2,1,3H3,(H,23,28)(H,27,29)(H,24,25,26)/t15-,32?/m1/s1. The molecule has 0 aliphatic carbocycles. The minimum absolute atomic E-state index is 0.0663. The number of fused-ring (bicyclic) bond motifs is 1. The number of carbonyl (C=O) groups is 1. The van der Waals surface area contributed by atoms with Crippen molar-refractivity contribution in [3.63, 3.8) is 0 Å². The number of rotatable bonds is 7. The van der Waals surface area contributed by atoms with Gasteiger partial charge in [0.25, 0.3) is 0 Å². The minimum Gasteiger partial charge on any atom is -0.487 e. The molecule has 168 valence electrons. The van der Waals surface area contributed by atoms with Gasteiger partial charge in [-0.15, -0.1) is 0 Å². The highest BCUT2D eigenvalue weighted by Gasteiger charge is 2.23. The molecule has 11 heteroatoms. The van der Waals surface area contributed by atoms with Crippen molar-refractivity contribution in [2.45, 2.75) is 13.0 Å². The highest BCUT2D eigenvalue weighted by molar-refractivity contribution is 8.00. The molecule has 1 aliphatic rings. The Balaban J connectivity index is 1.64. The van der Waals surface area contributed by atoms with Crippen molar-refractivity contribution in [2.24, 2.45) is 0 Å². The molecular weight excluding hydrogens is 437 g/mol. The van der Waals surface area contributed by atoms with Gasteiger partial charge < -0.3 is 24.8 Å². The third-order valence-corrected chi connectivity index (χ3v) is 5.31. The predicted octanol–water partition coefficient (Wildman–Crippen LogP) is 2.98. The van der Waals surface area contributed by atoms with Crippen LogP contribution in [-0.4, -0.2) is 51.7 Å². The number of carbonyl (C=O) groups excluding carboxylic acids is 1. The summed E-state index contributed by atoms with van der Waals surface area (Å²) in [7, 11) is -2.44. The van der Waals surface area contributed by atoms with Gasteiger partial charge in [0.1, 0.15) is 30.3 Å². The molecule has 1 aliphatic heterocycles. The van der Waals surface area contributed by atoms with E-state index in [0.717, 1.165) is 10.9 Å². The van der Waals surface area contributed by atoms with Crippen LogP contribution in [0.4, 0.5) is 26.4 Å². The molecule has 3 N–H and O–H groups in total. The zero-order chi connectivity index (χ0) is 22.9. The summed E-state index contributed by atoms with van der Waals surface area (Å²) in [6.45, 7) is 2.27. The van der Waals surface area contributed by atoms with Crippen LogP contribution in [0.5, 0.6) is 5.75 Å². The fourth-order valence-electron chi connectivity index (χ4n) is 3.35. The first-order valence-electron chi connectivity index (χ1n) is 9.67. The van der Waals surface area contributed by atoms with Crippen molar-refractivity contribution in [1.29, 1.82) is 0 Å². The molecule has 0 bridgehead atoms. The number of nitrogens with zero attached hydrogens (tertiary/aromatic N) is 2. The molecule has 2 aromatic carbocycles. The summed E-state index contributed by atoms with van der Waals surface area (Å²) in [5, 5.41) is 6.47. The Hall–Kier alpha value is -3.60. The van der Waals surface area contributed by atoms with E-state index in [2.05, 4.69) is 31.2 Å². The SMILES string of the molecule is C=S(C)(=O)Nc1cc(C)c2c(Nc3ccc(F)cc3OC[C@H]3CNC(=O)O3)ncnc2c1. The molecule has 2 atom stereocenters. The minimum atomic E-state index is -2.44. The Morgan fingerprint density at radius 2 is 2.16 bits per heavy atom. The second-order valence-corrected chi connectivity index (χ2v) is 9.72. The zero-order valence-electron chi connectivity index (χ0n) is 17.5. The van der Waals surface area contributed by atoms with Crippen LogP contribution < -0.4 is 20.1 Å². The first-order valence-corrected chi connectivity index (χ1v) is 11.8. The Morgan fingerprint density at radius 1 is 1.34 bits per heavy atom. The number of aromatic nitrogens is 2. The molecule has 2 heterocycles. The van der Waals surface area contributed by atoms with Gasteiger partial charge in [0.05, 0.1) is 17.7 Å². The summed E-state index contributed by atoms with van der Waals surface area (Å²) < 4.78 is 39.5. The van der Waals surface area contributed by atoms with Crippen LogP contribution in [0.3, 0.4) is 0 Å². The summed E-state index contributed by atoms with van der Waals surface area (Å²) in [5.41, 5.74) is 2.58. The van der Waals surface area contributed by atoms with Gasteiger partial charge >= 0.3 is 6.09 Å². The largest absolute Gasteiger partial charge is 0.487 e. The molecule has 1 amide bonds. The number of amides is 1. The first kappa shape index (κ1) is 21.6. The van der Waals surface area contributed by atoms with E-state index in [4.69, 9.17) is 9.47 Å². The van der Waals surface area contributed by atoms with Crippen molar-refractivity contribution < 1.29 is 22.9 Å². The maximum Gasteiger partial charge on any atom is 0.407 e. The van der Waals surface area contributed by atoms with Gasteiger partial charge in [-0.1, -0.05) is 0 Å². The van der Waals surface area contributed by atoms with E-state index < -0.39 is 27.7 Å². The lowest BCUT2D eigenvalue weighted by atomic mass is 10.1. The molecule has 0 spiro atoms. The van der Waals surface area contributed by atoms with Gasteiger partial charge in [0.2, 0.25) is 0 Å². The second kappa shape index (κ2) is 8.50. The lowest BCUT2D eigenvalue weighted by Gasteiger charge is -2.17. The lowest BCUT2D eigenvalue weighted by molar-refractivity contribution is 0.105. The Bertz CT molecular complexity index is 1300. The van der Waals surface area contributed by atoms with E-state index in [1.54, 1.807) is 6.07 Å². The van der Waals surface area contributed by atoms with E-state index in [0.29, 0.717) is 29.3 Å². The fraction of sp³-hybridized carbons (Fsp3) is 0.238. The Labute approximate surface area is 184 Å². The molecule has 1 unspecified atom stereocenters. The van der Waals surface area contributed by atoms with Crippen molar-refractivity contribution in [3.8, 4) is 5.75 Å². The number of anilines is 3. The van der Waals surface area contributed by atoms with Crippen LogP contribution in [-0.2, 0) is 14.4 Å². The van der Waals surface area contributed by atoms with Gasteiger partial charge in [-0.25, -0.2) is 23.4 Å². The smallest absolute Gasteiger partial charge is 0.407 e. The third-order valence-electron chi connectivity index (χ3n) is 4.64. The van der Waals surface area contributed by atoms with Crippen LogP contribution in [0.15, 0.2) is 36.7 Å². The lowest BCUT2D eigenvalue weighted by Crippen LogP contribution is -2.22. The molecule has 9 nitrogen and oxygen atoms in total. The molecular formula is C21H22FN5O4S. The quantitative estimate of drug-likeness (QED) is 0.466. The van der Waals surface area contributed by atoms with E-state index >= 15 is 0 Å². The molecule has 3 aromatic rings. The number of cyclic esters (lactones) is 1. The molecule has 1 saturated heterocycles. The summed E-state index contributed by atoms with van der Waals surface area (Å²) >= 11 is 0. The highest BCUT2D eigenvalue weighted by atomic mass is 32.2. The molecule has 0 radical (unpaired) electrons. The van der Waals surface area contributed by atoms with E-state index in [-0.39, 0.29) is 12.4 Å². The van der Waals surface area contributed by atoms with Gasteiger partial charge in [0, 0.05) is 33.1 Å². The van der Waals surface area contributed by atoms with Gasteiger partial charge in [-0.3, -0.25) is 0 Å². The average Bonchev–Trinajstić information content (AvgIpc) is 3.12. The number of benzene rings is 2. The third kappa shape index (κ3) is 4.99. The van der Waals surface area contributed by atoms with Crippen molar-refractivity contribution in [1.82, 2.24) is 15.3 Å².